The number of aromatic nitrogens is 4. The molecule has 0 amide bonds. The van der Waals surface area contributed by atoms with Gasteiger partial charge in [-0.15, -0.1) is 11.1 Å². The second kappa shape index (κ2) is 10.2. The van der Waals surface area contributed by atoms with Gasteiger partial charge < -0.3 is 9.13 Å². The Balaban J connectivity index is 0.000000175. The third-order valence-electron chi connectivity index (χ3n) is 10.4. The normalized spacial score (nSPS) is 19.1. The van der Waals surface area contributed by atoms with Crippen LogP contribution in [-0.2, 0) is 48.7 Å². The van der Waals surface area contributed by atoms with Gasteiger partial charge in [0.05, 0.1) is 23.0 Å². The van der Waals surface area contributed by atoms with Crippen LogP contribution in [0.4, 0.5) is 0 Å². The third kappa shape index (κ3) is 4.19. The van der Waals surface area contributed by atoms with E-state index in [0.717, 1.165) is 22.6 Å². The van der Waals surface area contributed by atoms with E-state index in [2.05, 4.69) is 127 Å². The number of rotatable bonds is 1. The van der Waals surface area contributed by atoms with Crippen LogP contribution < -0.4 is 4.57 Å². The Labute approximate surface area is 269 Å². The van der Waals surface area contributed by atoms with Gasteiger partial charge in [0, 0.05) is 22.9 Å². The van der Waals surface area contributed by atoms with Crippen molar-refractivity contribution >= 4 is 0 Å². The van der Waals surface area contributed by atoms with E-state index in [9.17, 15) is 0 Å². The Kier molecular flexibility index (Phi) is 6.39. The molecule has 7 rings (SSSR count). The maximum atomic E-state index is 7.61. The van der Waals surface area contributed by atoms with Crippen LogP contribution in [-0.4, -0.2) is 14.3 Å². The average Bonchev–Trinajstić information content (AvgIpc) is 3.64. The molecule has 0 atom stereocenters. The van der Waals surface area contributed by atoms with Crippen molar-refractivity contribution in [1.82, 2.24) is 14.3 Å². The number of hydrogen-bond donors (Lipinski definition) is 0. The zero-order valence-electron chi connectivity index (χ0n) is 28.6. The Morgan fingerprint density at radius 3 is 1.98 bits per heavy atom. The Bertz CT molecular complexity index is 1850. The second-order valence-electron chi connectivity index (χ2n) is 13.4. The van der Waals surface area contributed by atoms with Crippen molar-refractivity contribution in [3.63, 3.8) is 0 Å². The second-order valence-corrected chi connectivity index (χ2v) is 13.4. The van der Waals surface area contributed by atoms with Crippen molar-refractivity contribution in [2.75, 3.05) is 0 Å². The predicted molar refractivity (Wildman–Crippen MR) is 165 cm³/mol. The van der Waals surface area contributed by atoms with Gasteiger partial charge in [-0.2, -0.15) is 53.6 Å². The molecule has 0 spiro atoms. The molecule has 4 heterocycles. The molecular formula is C37H40IrN4+. The largest absolute Gasteiger partial charge is 3.00 e. The van der Waals surface area contributed by atoms with Gasteiger partial charge >= 0.3 is 20.1 Å². The summed E-state index contributed by atoms with van der Waals surface area (Å²) in [6.45, 7) is 15.7. The quantitative estimate of drug-likeness (QED) is 0.131. The summed E-state index contributed by atoms with van der Waals surface area (Å²) in [7, 11) is 0. The summed E-state index contributed by atoms with van der Waals surface area (Å²) >= 11 is 0. The predicted octanol–water partition coefficient (Wildman–Crippen LogP) is 7.38. The molecule has 5 aromatic rings. The number of fused-ring (bicyclic) bond motifs is 6. The molecule has 216 valence electrons. The minimum atomic E-state index is -2.22. The average molecular weight is 736 g/mol. The first kappa shape index (κ1) is 26.4. The van der Waals surface area contributed by atoms with Gasteiger partial charge in [0.15, 0.2) is 0 Å². The van der Waals surface area contributed by atoms with Crippen molar-refractivity contribution in [2.45, 2.75) is 77.0 Å². The minimum absolute atomic E-state index is 0. The van der Waals surface area contributed by atoms with Gasteiger partial charge in [-0.25, -0.2) is 0 Å². The minimum Gasteiger partial charge on any atom is -0.345 e. The van der Waals surface area contributed by atoms with E-state index in [0.29, 0.717) is 0 Å². The molecule has 5 heteroatoms. The van der Waals surface area contributed by atoms with E-state index in [1.165, 1.54) is 27.0 Å². The van der Waals surface area contributed by atoms with Gasteiger partial charge in [-0.3, -0.25) is 4.68 Å². The van der Waals surface area contributed by atoms with Crippen molar-refractivity contribution in [1.29, 1.82) is 0 Å². The molecule has 3 aromatic carbocycles. The summed E-state index contributed by atoms with van der Waals surface area (Å²) in [6, 6.07) is 29.3. The molecule has 4 nitrogen and oxygen atoms in total. The molecule has 0 unspecified atom stereocenters. The fraction of sp³-hybridized carbons (Fsp3) is 0.351. The summed E-state index contributed by atoms with van der Waals surface area (Å²) < 4.78 is 27.9. The number of hydrogen-bond acceptors (Lipinski definition) is 1. The van der Waals surface area contributed by atoms with Crippen LogP contribution in [0.25, 0.3) is 22.5 Å². The number of aryl methyl sites for hydroxylation is 1. The van der Waals surface area contributed by atoms with Gasteiger partial charge in [-0.1, -0.05) is 96.8 Å². The number of imidazole rings is 1. The summed E-state index contributed by atoms with van der Waals surface area (Å²) in [6.07, 6.45) is 6.65. The van der Waals surface area contributed by atoms with Gasteiger partial charge in [0.2, 0.25) is 6.33 Å². The number of para-hydroxylation sites is 2. The smallest absolute Gasteiger partial charge is 0.345 e. The van der Waals surface area contributed by atoms with Gasteiger partial charge in [-0.05, 0) is 22.1 Å². The third-order valence-corrected chi connectivity index (χ3v) is 10.4. The zero-order chi connectivity index (χ0) is 31.9. The SMILES string of the molecule is CC1(C)c2ccc[c-]c2-n2ncc(-c3ccccc3)c2C1(C)C.[2H]C([2H])([2H])[n+]1[c-]n2c(c1)C(C)(C)C(C)(C)c1ccc[c-]c1-2.[Ir+3]. The summed E-state index contributed by atoms with van der Waals surface area (Å²) in [5, 5.41) is 4.72. The zero-order valence-corrected chi connectivity index (χ0v) is 28.0. The van der Waals surface area contributed by atoms with Crippen LogP contribution in [0, 0.1) is 18.5 Å². The Hall–Kier alpha value is -3.27. The van der Waals surface area contributed by atoms with Crippen LogP contribution in [0.2, 0.25) is 0 Å². The molecule has 0 bridgehead atoms. The molecule has 0 fully saturated rings. The van der Waals surface area contributed by atoms with E-state index in [-0.39, 0.29) is 41.8 Å². The fourth-order valence-corrected chi connectivity index (χ4v) is 6.44. The summed E-state index contributed by atoms with van der Waals surface area (Å²) in [5.41, 5.74) is 8.68. The molecule has 0 aliphatic carbocycles. The number of benzene rings is 3. The number of nitrogens with zero attached hydrogens (tertiary/aromatic N) is 4. The van der Waals surface area contributed by atoms with E-state index < -0.39 is 6.98 Å². The van der Waals surface area contributed by atoms with Crippen molar-refractivity contribution in [3.8, 4) is 22.5 Å². The van der Waals surface area contributed by atoms with Crippen LogP contribution in [0.3, 0.4) is 0 Å². The van der Waals surface area contributed by atoms with E-state index in [4.69, 9.17) is 9.21 Å². The monoisotopic (exact) mass is 736 g/mol. The van der Waals surface area contributed by atoms with Crippen molar-refractivity contribution in [3.05, 3.63) is 120 Å². The molecule has 2 aromatic heterocycles. The standard InChI is InChI=1S/C21H21N2.C16H19N2.Ir/c1-20(2)17-12-8-9-13-18(17)23-19(21(20,3)4)16(14-22-23)15-10-6-5-7-11-15;1-15(2)12-8-6-7-9-13(12)18-11-17(5)10-14(18)16(15,3)4;/h5-12,14H,1-4H3;6-8,10H,1-5H3;/q2*-1;+3/i;5D3;. The molecule has 2 aliphatic heterocycles. The molecule has 0 saturated heterocycles. The van der Waals surface area contributed by atoms with Crippen LogP contribution in [0.1, 0.15) is 82.0 Å². The molecule has 0 N–H and O–H groups in total. The van der Waals surface area contributed by atoms with Crippen LogP contribution in [0.5, 0.6) is 0 Å². The first-order chi connectivity index (χ1) is 20.5. The molecule has 0 radical (unpaired) electrons. The molecule has 2 aliphatic rings. The van der Waals surface area contributed by atoms with E-state index in [1.807, 2.05) is 29.0 Å². The summed E-state index contributed by atoms with van der Waals surface area (Å²) in [5.74, 6) is 0. The van der Waals surface area contributed by atoms with Crippen LogP contribution in [0.15, 0.2) is 79.1 Å². The summed E-state index contributed by atoms with van der Waals surface area (Å²) in [4.78, 5) is 0. The first-order valence-electron chi connectivity index (χ1n) is 15.8. The maximum Gasteiger partial charge on any atom is 3.00 e. The van der Waals surface area contributed by atoms with Crippen molar-refractivity contribution in [2.24, 2.45) is 6.98 Å². The molecule has 0 saturated carbocycles. The van der Waals surface area contributed by atoms with E-state index in [1.54, 1.807) is 6.20 Å². The Morgan fingerprint density at radius 2 is 1.33 bits per heavy atom. The Morgan fingerprint density at radius 1 is 0.738 bits per heavy atom. The van der Waals surface area contributed by atoms with Crippen LogP contribution >= 0.6 is 0 Å². The van der Waals surface area contributed by atoms with Gasteiger partial charge in [0.25, 0.3) is 0 Å². The van der Waals surface area contributed by atoms with Crippen molar-refractivity contribution < 1.29 is 28.8 Å². The molecular weight excluding hydrogens is 693 g/mol. The topological polar surface area (TPSA) is 26.6 Å². The maximum absolute atomic E-state index is 7.61. The fourth-order valence-electron chi connectivity index (χ4n) is 6.44. The van der Waals surface area contributed by atoms with Gasteiger partial charge in [0.1, 0.15) is 0 Å². The van der Waals surface area contributed by atoms with E-state index >= 15 is 0 Å². The first-order valence-corrected chi connectivity index (χ1v) is 14.3. The molecule has 42 heavy (non-hydrogen) atoms.